The van der Waals surface area contributed by atoms with E-state index in [1.807, 2.05) is 18.2 Å². The van der Waals surface area contributed by atoms with Gasteiger partial charge in [-0.3, -0.25) is 0 Å². The zero-order chi connectivity index (χ0) is 13.9. The maximum Gasteiger partial charge on any atom is 0.244 e. The molecule has 0 amide bonds. The van der Waals surface area contributed by atoms with E-state index in [9.17, 15) is 0 Å². The van der Waals surface area contributed by atoms with E-state index in [0.717, 1.165) is 18.7 Å². The SMILES string of the molecule is CC(C)(C)[C@H](N)c1nc(CCc2ccccc2)no1. The van der Waals surface area contributed by atoms with Crippen LogP contribution in [-0.4, -0.2) is 10.1 Å². The molecule has 0 saturated heterocycles. The Morgan fingerprint density at radius 1 is 1.16 bits per heavy atom. The van der Waals surface area contributed by atoms with E-state index in [2.05, 4.69) is 43.0 Å². The van der Waals surface area contributed by atoms with Crippen molar-refractivity contribution in [3.63, 3.8) is 0 Å². The Bertz CT molecular complexity index is 514. The minimum absolute atomic E-state index is 0.0801. The highest BCUT2D eigenvalue weighted by Crippen LogP contribution is 2.29. The Balaban J connectivity index is 1.98. The molecule has 4 heteroatoms. The maximum absolute atomic E-state index is 6.10. The Kier molecular flexibility index (Phi) is 4.00. The van der Waals surface area contributed by atoms with Gasteiger partial charge in [-0.15, -0.1) is 0 Å². The molecule has 0 aliphatic rings. The van der Waals surface area contributed by atoms with Crippen LogP contribution < -0.4 is 5.73 Å². The summed E-state index contributed by atoms with van der Waals surface area (Å²) in [6.45, 7) is 6.18. The molecular formula is C15H21N3O. The fourth-order valence-electron chi connectivity index (χ4n) is 1.77. The van der Waals surface area contributed by atoms with Crippen LogP contribution in [0.25, 0.3) is 0 Å². The van der Waals surface area contributed by atoms with Crippen LogP contribution in [0.3, 0.4) is 0 Å². The fraction of sp³-hybridized carbons (Fsp3) is 0.467. The zero-order valence-corrected chi connectivity index (χ0v) is 11.8. The highest BCUT2D eigenvalue weighted by Gasteiger charge is 2.27. The van der Waals surface area contributed by atoms with E-state index in [-0.39, 0.29) is 11.5 Å². The smallest absolute Gasteiger partial charge is 0.244 e. The highest BCUT2D eigenvalue weighted by atomic mass is 16.5. The third-order valence-corrected chi connectivity index (χ3v) is 3.16. The molecule has 0 aliphatic heterocycles. The lowest BCUT2D eigenvalue weighted by Crippen LogP contribution is -2.26. The molecule has 1 atom stereocenters. The molecule has 0 saturated carbocycles. The number of benzene rings is 1. The third kappa shape index (κ3) is 3.64. The maximum atomic E-state index is 6.10. The zero-order valence-electron chi connectivity index (χ0n) is 11.8. The van der Waals surface area contributed by atoms with Crippen molar-refractivity contribution in [2.45, 2.75) is 39.7 Å². The molecule has 0 fully saturated rings. The number of aromatic nitrogens is 2. The second kappa shape index (κ2) is 5.53. The lowest BCUT2D eigenvalue weighted by atomic mass is 9.87. The molecule has 0 radical (unpaired) electrons. The van der Waals surface area contributed by atoms with E-state index >= 15 is 0 Å². The Hall–Kier alpha value is -1.68. The van der Waals surface area contributed by atoms with Crippen LogP contribution >= 0.6 is 0 Å². The molecule has 1 heterocycles. The Morgan fingerprint density at radius 2 is 1.84 bits per heavy atom. The van der Waals surface area contributed by atoms with Crippen LogP contribution in [0, 0.1) is 5.41 Å². The van der Waals surface area contributed by atoms with E-state index in [1.54, 1.807) is 0 Å². The summed E-state index contributed by atoms with van der Waals surface area (Å²) in [7, 11) is 0. The number of aryl methyl sites for hydroxylation is 2. The van der Waals surface area contributed by atoms with Gasteiger partial charge in [-0.2, -0.15) is 4.98 Å². The van der Waals surface area contributed by atoms with Crippen molar-refractivity contribution in [1.29, 1.82) is 0 Å². The first-order chi connectivity index (χ1) is 8.97. The minimum Gasteiger partial charge on any atom is -0.338 e. The summed E-state index contributed by atoms with van der Waals surface area (Å²) in [5, 5.41) is 4.00. The molecule has 2 N–H and O–H groups in total. The average molecular weight is 259 g/mol. The first kappa shape index (κ1) is 13.7. The number of hydrogen-bond donors (Lipinski definition) is 1. The number of hydrogen-bond acceptors (Lipinski definition) is 4. The number of nitrogens with two attached hydrogens (primary N) is 1. The molecule has 1 aromatic heterocycles. The summed E-state index contributed by atoms with van der Waals surface area (Å²) in [6, 6.07) is 10.0. The monoisotopic (exact) mass is 259 g/mol. The standard InChI is InChI=1S/C15H21N3O/c1-15(2,3)13(16)14-17-12(18-19-14)10-9-11-7-5-4-6-8-11/h4-8,13H,9-10,16H2,1-3H3/t13-/m1/s1. The van der Waals surface area contributed by atoms with Crippen molar-refractivity contribution in [1.82, 2.24) is 10.1 Å². The van der Waals surface area contributed by atoms with E-state index in [4.69, 9.17) is 10.3 Å². The van der Waals surface area contributed by atoms with Crippen LogP contribution in [-0.2, 0) is 12.8 Å². The van der Waals surface area contributed by atoms with Gasteiger partial charge in [-0.25, -0.2) is 0 Å². The molecule has 4 nitrogen and oxygen atoms in total. The second-order valence-corrected chi connectivity index (χ2v) is 5.88. The van der Waals surface area contributed by atoms with Gasteiger partial charge < -0.3 is 10.3 Å². The average Bonchev–Trinajstić information content (AvgIpc) is 2.84. The lowest BCUT2D eigenvalue weighted by Gasteiger charge is -2.23. The molecule has 19 heavy (non-hydrogen) atoms. The van der Waals surface area contributed by atoms with Crippen LogP contribution in [0.4, 0.5) is 0 Å². The molecule has 2 aromatic rings. The molecule has 102 valence electrons. The quantitative estimate of drug-likeness (QED) is 0.917. The van der Waals surface area contributed by atoms with Gasteiger partial charge in [0.1, 0.15) is 0 Å². The lowest BCUT2D eigenvalue weighted by molar-refractivity contribution is 0.252. The summed E-state index contributed by atoms with van der Waals surface area (Å²) >= 11 is 0. The van der Waals surface area contributed by atoms with E-state index in [0.29, 0.717) is 5.89 Å². The second-order valence-electron chi connectivity index (χ2n) is 5.88. The van der Waals surface area contributed by atoms with Gasteiger partial charge in [0.15, 0.2) is 5.82 Å². The molecule has 0 spiro atoms. The van der Waals surface area contributed by atoms with Gasteiger partial charge in [-0.1, -0.05) is 56.3 Å². The summed E-state index contributed by atoms with van der Waals surface area (Å²) in [5.74, 6) is 1.24. The molecule has 0 unspecified atom stereocenters. The van der Waals surface area contributed by atoms with E-state index < -0.39 is 0 Å². The van der Waals surface area contributed by atoms with Gasteiger partial charge in [0, 0.05) is 6.42 Å². The molecule has 2 rings (SSSR count). The number of rotatable bonds is 4. The Labute approximate surface area is 114 Å². The van der Waals surface area contributed by atoms with Crippen LogP contribution in [0.15, 0.2) is 34.9 Å². The highest BCUT2D eigenvalue weighted by molar-refractivity contribution is 5.15. The van der Waals surface area contributed by atoms with Crippen molar-refractivity contribution in [3.05, 3.63) is 47.6 Å². The number of nitrogens with zero attached hydrogens (tertiary/aromatic N) is 2. The van der Waals surface area contributed by atoms with Gasteiger partial charge in [0.2, 0.25) is 5.89 Å². The van der Waals surface area contributed by atoms with Gasteiger partial charge in [0.25, 0.3) is 0 Å². The molecule has 0 aliphatic carbocycles. The fourth-order valence-corrected chi connectivity index (χ4v) is 1.77. The largest absolute Gasteiger partial charge is 0.338 e. The first-order valence-electron chi connectivity index (χ1n) is 6.59. The van der Waals surface area contributed by atoms with Crippen molar-refractivity contribution >= 4 is 0 Å². The summed E-state index contributed by atoms with van der Waals surface area (Å²) in [4.78, 5) is 4.39. The van der Waals surface area contributed by atoms with Gasteiger partial charge >= 0.3 is 0 Å². The topological polar surface area (TPSA) is 64.9 Å². The van der Waals surface area contributed by atoms with Gasteiger partial charge in [0.05, 0.1) is 6.04 Å². The predicted octanol–water partition coefficient (Wildman–Crippen LogP) is 2.90. The van der Waals surface area contributed by atoms with Gasteiger partial charge in [-0.05, 0) is 17.4 Å². The molecule has 1 aromatic carbocycles. The van der Waals surface area contributed by atoms with Crippen molar-refractivity contribution in [3.8, 4) is 0 Å². The predicted molar refractivity (Wildman–Crippen MR) is 74.5 cm³/mol. The normalized spacial score (nSPS) is 13.5. The van der Waals surface area contributed by atoms with Crippen molar-refractivity contribution < 1.29 is 4.52 Å². The van der Waals surface area contributed by atoms with Crippen molar-refractivity contribution in [2.24, 2.45) is 11.1 Å². The van der Waals surface area contributed by atoms with Crippen LogP contribution in [0.1, 0.15) is 44.1 Å². The molecule has 0 bridgehead atoms. The summed E-state index contributed by atoms with van der Waals surface area (Å²) < 4.78 is 5.26. The van der Waals surface area contributed by atoms with Crippen LogP contribution in [0.2, 0.25) is 0 Å². The first-order valence-corrected chi connectivity index (χ1v) is 6.59. The molecular weight excluding hydrogens is 238 g/mol. The van der Waals surface area contributed by atoms with Crippen molar-refractivity contribution in [2.75, 3.05) is 0 Å². The van der Waals surface area contributed by atoms with E-state index in [1.165, 1.54) is 5.56 Å². The van der Waals surface area contributed by atoms with Crippen LogP contribution in [0.5, 0.6) is 0 Å². The summed E-state index contributed by atoms with van der Waals surface area (Å²) in [6.07, 6.45) is 1.68. The Morgan fingerprint density at radius 3 is 2.47 bits per heavy atom. The summed E-state index contributed by atoms with van der Waals surface area (Å²) in [5.41, 5.74) is 7.29. The minimum atomic E-state index is -0.231. The third-order valence-electron chi connectivity index (χ3n) is 3.16.